The minimum atomic E-state index is -0.204. The summed E-state index contributed by atoms with van der Waals surface area (Å²) in [6.45, 7) is 3.97. The summed E-state index contributed by atoms with van der Waals surface area (Å²) in [6, 6.07) is 0. The zero-order valence-corrected chi connectivity index (χ0v) is 9.42. The zero-order chi connectivity index (χ0) is 8.69. The van der Waals surface area contributed by atoms with E-state index in [0.29, 0.717) is 12.7 Å². The third kappa shape index (κ3) is 7.54. The van der Waals surface area contributed by atoms with Gasteiger partial charge >= 0.3 is 5.97 Å². The molecule has 0 saturated heterocycles. The molecule has 0 aliphatic carbocycles. The van der Waals surface area contributed by atoms with E-state index in [9.17, 15) is 4.79 Å². The Morgan fingerprint density at radius 1 is 1.64 bits per heavy atom. The summed E-state index contributed by atoms with van der Waals surface area (Å²) in [5, 5.41) is 0. The maximum atomic E-state index is 10.3. The highest BCUT2D eigenvalue weighted by Gasteiger charge is 1.98. The quantitative estimate of drug-likeness (QED) is 0.336. The van der Waals surface area contributed by atoms with Crippen LogP contribution in [0.15, 0.2) is 0 Å². The Kier molecular flexibility index (Phi) is 6.16. The van der Waals surface area contributed by atoms with Crippen molar-refractivity contribution in [1.29, 1.82) is 0 Å². The molecule has 11 heavy (non-hydrogen) atoms. The van der Waals surface area contributed by atoms with E-state index in [0.717, 1.165) is 23.3 Å². The van der Waals surface area contributed by atoms with Crippen molar-refractivity contribution in [3.05, 3.63) is 0 Å². The second kappa shape index (κ2) is 6.36. The van der Waals surface area contributed by atoms with Crippen molar-refractivity contribution in [3.63, 3.8) is 0 Å². The molecule has 0 bridgehead atoms. The standard InChI is InChI=1S/C7H16O3Si/c1-6(10-11)4-3-5-9-7(2)8/h6H,3-5H2,1-2,11H3. The Balaban J connectivity index is 3.08. The van der Waals surface area contributed by atoms with Crippen molar-refractivity contribution in [1.82, 2.24) is 0 Å². The predicted molar refractivity (Wildman–Crippen MR) is 46.4 cm³/mol. The molecular formula is C7H16O3Si. The third-order valence-corrected chi connectivity index (χ3v) is 2.27. The number of esters is 1. The van der Waals surface area contributed by atoms with E-state index in [1.165, 1.54) is 6.92 Å². The van der Waals surface area contributed by atoms with Crippen LogP contribution in [0.25, 0.3) is 0 Å². The molecule has 3 nitrogen and oxygen atoms in total. The Labute approximate surface area is 70.6 Å². The summed E-state index contributed by atoms with van der Waals surface area (Å²) in [6.07, 6.45) is 2.18. The summed E-state index contributed by atoms with van der Waals surface area (Å²) < 4.78 is 9.91. The van der Waals surface area contributed by atoms with E-state index in [2.05, 4.69) is 0 Å². The summed E-state index contributed by atoms with van der Waals surface area (Å²) in [7, 11) is 0.780. The topological polar surface area (TPSA) is 35.5 Å². The molecule has 0 radical (unpaired) electrons. The van der Waals surface area contributed by atoms with Crippen molar-refractivity contribution in [2.75, 3.05) is 6.61 Å². The normalized spacial score (nSPS) is 12.9. The van der Waals surface area contributed by atoms with E-state index in [1.54, 1.807) is 0 Å². The molecule has 0 aliphatic rings. The lowest BCUT2D eigenvalue weighted by atomic mass is 10.2. The highest BCUT2D eigenvalue weighted by atomic mass is 28.2. The molecular weight excluding hydrogens is 160 g/mol. The van der Waals surface area contributed by atoms with Crippen molar-refractivity contribution in [3.8, 4) is 0 Å². The number of carbonyl (C=O) groups excluding carboxylic acids is 1. The maximum absolute atomic E-state index is 10.3. The average molecular weight is 176 g/mol. The van der Waals surface area contributed by atoms with Crippen LogP contribution in [0.1, 0.15) is 26.7 Å². The molecule has 66 valence electrons. The average Bonchev–Trinajstić information content (AvgIpc) is 1.97. The molecule has 0 aromatic carbocycles. The number of ether oxygens (including phenoxy) is 1. The van der Waals surface area contributed by atoms with E-state index in [4.69, 9.17) is 9.16 Å². The maximum Gasteiger partial charge on any atom is 0.302 e. The lowest BCUT2D eigenvalue weighted by Gasteiger charge is -2.08. The second-order valence-electron chi connectivity index (χ2n) is 2.53. The lowest BCUT2D eigenvalue weighted by Crippen LogP contribution is -2.08. The van der Waals surface area contributed by atoms with E-state index in [-0.39, 0.29) is 5.97 Å². The van der Waals surface area contributed by atoms with Crippen LogP contribution in [-0.4, -0.2) is 29.2 Å². The Bertz CT molecular complexity index is 116. The van der Waals surface area contributed by atoms with Crippen LogP contribution in [0.4, 0.5) is 0 Å². The van der Waals surface area contributed by atoms with Gasteiger partial charge in [-0.25, -0.2) is 0 Å². The van der Waals surface area contributed by atoms with Gasteiger partial charge in [0.1, 0.15) is 10.5 Å². The van der Waals surface area contributed by atoms with Crippen LogP contribution in [0.3, 0.4) is 0 Å². The largest absolute Gasteiger partial charge is 0.466 e. The minimum absolute atomic E-state index is 0.204. The number of hydrogen-bond acceptors (Lipinski definition) is 3. The van der Waals surface area contributed by atoms with Crippen LogP contribution in [0, 0.1) is 0 Å². The first-order chi connectivity index (χ1) is 5.16. The molecule has 0 aromatic rings. The van der Waals surface area contributed by atoms with Gasteiger partial charge in [0.2, 0.25) is 0 Å². The van der Waals surface area contributed by atoms with Crippen LogP contribution in [0.5, 0.6) is 0 Å². The number of carbonyl (C=O) groups is 1. The highest BCUT2D eigenvalue weighted by Crippen LogP contribution is 1.99. The molecule has 1 unspecified atom stereocenters. The van der Waals surface area contributed by atoms with Gasteiger partial charge in [0, 0.05) is 13.0 Å². The Morgan fingerprint density at radius 3 is 2.73 bits per heavy atom. The molecule has 0 saturated carbocycles. The summed E-state index contributed by atoms with van der Waals surface area (Å²) in [5.74, 6) is -0.204. The molecule has 0 amide bonds. The van der Waals surface area contributed by atoms with Crippen molar-refractivity contribution in [2.45, 2.75) is 32.8 Å². The predicted octanol–water partition coefficient (Wildman–Crippen LogP) is 0.0152. The molecule has 1 atom stereocenters. The molecule has 0 aromatic heterocycles. The SMILES string of the molecule is CC(=O)OCCCC(C)O[SiH3]. The van der Waals surface area contributed by atoms with Crippen molar-refractivity contribution in [2.24, 2.45) is 0 Å². The molecule has 0 fully saturated rings. The molecule has 4 heteroatoms. The van der Waals surface area contributed by atoms with Crippen LogP contribution >= 0.6 is 0 Å². The van der Waals surface area contributed by atoms with Gasteiger partial charge in [-0.3, -0.25) is 4.79 Å². The van der Waals surface area contributed by atoms with Gasteiger partial charge in [-0.1, -0.05) is 0 Å². The zero-order valence-electron chi connectivity index (χ0n) is 7.42. The Hall–Kier alpha value is -0.353. The van der Waals surface area contributed by atoms with Gasteiger partial charge in [-0.05, 0) is 19.8 Å². The van der Waals surface area contributed by atoms with Gasteiger partial charge in [-0.2, -0.15) is 0 Å². The fraction of sp³-hybridized carbons (Fsp3) is 0.857. The molecule has 0 spiro atoms. The van der Waals surface area contributed by atoms with Gasteiger partial charge in [0.15, 0.2) is 0 Å². The van der Waals surface area contributed by atoms with Gasteiger partial charge < -0.3 is 9.16 Å². The number of hydrogen-bond donors (Lipinski definition) is 0. The van der Waals surface area contributed by atoms with Crippen molar-refractivity contribution < 1.29 is 14.0 Å². The first-order valence-electron chi connectivity index (χ1n) is 3.83. The second-order valence-corrected chi connectivity index (χ2v) is 3.00. The summed E-state index contributed by atoms with van der Waals surface area (Å²) in [5.41, 5.74) is 0. The molecule has 0 rings (SSSR count). The third-order valence-electron chi connectivity index (χ3n) is 1.46. The van der Waals surface area contributed by atoms with Gasteiger partial charge in [0.25, 0.3) is 0 Å². The first kappa shape index (κ1) is 10.6. The minimum Gasteiger partial charge on any atom is -0.466 e. The van der Waals surface area contributed by atoms with E-state index in [1.807, 2.05) is 6.92 Å². The van der Waals surface area contributed by atoms with E-state index < -0.39 is 0 Å². The molecule has 0 heterocycles. The fourth-order valence-electron chi connectivity index (χ4n) is 0.705. The fourth-order valence-corrected chi connectivity index (χ4v) is 0.940. The summed E-state index contributed by atoms with van der Waals surface area (Å²) in [4.78, 5) is 10.3. The van der Waals surface area contributed by atoms with Crippen LogP contribution < -0.4 is 0 Å². The Morgan fingerprint density at radius 2 is 2.27 bits per heavy atom. The van der Waals surface area contributed by atoms with Crippen LogP contribution in [-0.2, 0) is 14.0 Å². The van der Waals surface area contributed by atoms with Crippen molar-refractivity contribution >= 4 is 16.5 Å². The first-order valence-corrected chi connectivity index (χ1v) is 4.64. The van der Waals surface area contributed by atoms with Crippen LogP contribution in [0.2, 0.25) is 0 Å². The smallest absolute Gasteiger partial charge is 0.302 e. The van der Waals surface area contributed by atoms with Gasteiger partial charge in [0.05, 0.1) is 6.61 Å². The monoisotopic (exact) mass is 176 g/mol. The molecule has 0 N–H and O–H groups in total. The number of rotatable bonds is 5. The highest BCUT2D eigenvalue weighted by molar-refractivity contribution is 5.98. The molecule has 0 aliphatic heterocycles. The summed E-state index contributed by atoms with van der Waals surface area (Å²) >= 11 is 0. The lowest BCUT2D eigenvalue weighted by molar-refractivity contribution is -0.141. The van der Waals surface area contributed by atoms with Gasteiger partial charge in [-0.15, -0.1) is 0 Å². The van der Waals surface area contributed by atoms with E-state index >= 15 is 0 Å².